The normalized spacial score (nSPS) is 11.0. The first kappa shape index (κ1) is 12.4. The molecular weight excluding hydrogens is 252 g/mol. The van der Waals surface area contributed by atoms with E-state index in [0.29, 0.717) is 5.02 Å². The fourth-order valence-corrected chi connectivity index (χ4v) is 2.69. The Morgan fingerprint density at radius 1 is 1.29 bits per heavy atom. The molecule has 2 N–H and O–H groups in total. The van der Waals surface area contributed by atoms with E-state index >= 15 is 0 Å². The van der Waals surface area contributed by atoms with Crippen molar-refractivity contribution < 1.29 is 0 Å². The van der Waals surface area contributed by atoms with Gasteiger partial charge < -0.3 is 5.73 Å². The van der Waals surface area contributed by atoms with Gasteiger partial charge in [-0.05, 0) is 36.2 Å². The smallest absolute Gasteiger partial charge is 0.0426 e. The van der Waals surface area contributed by atoms with Crippen molar-refractivity contribution in [1.29, 1.82) is 0 Å². The van der Waals surface area contributed by atoms with Gasteiger partial charge in [-0.2, -0.15) is 0 Å². The molecule has 0 aliphatic rings. The van der Waals surface area contributed by atoms with Gasteiger partial charge in [-0.1, -0.05) is 23.7 Å². The highest BCUT2D eigenvalue weighted by atomic mass is 35.5. The van der Waals surface area contributed by atoms with E-state index in [0.717, 1.165) is 24.3 Å². The number of anilines is 1. The molecule has 2 nitrogen and oxygen atoms in total. The first-order valence-electron chi connectivity index (χ1n) is 5.40. The third-order valence-electron chi connectivity index (χ3n) is 2.55. The van der Waals surface area contributed by atoms with E-state index in [9.17, 15) is 0 Å². The molecule has 0 atom stereocenters. The molecule has 0 bridgehead atoms. The van der Waals surface area contributed by atoms with E-state index in [-0.39, 0.29) is 0 Å². The van der Waals surface area contributed by atoms with Crippen molar-refractivity contribution in [2.75, 3.05) is 12.8 Å². The molecule has 0 saturated carbocycles. The minimum absolute atomic E-state index is 0.687. The van der Waals surface area contributed by atoms with Gasteiger partial charge in [0.1, 0.15) is 0 Å². The summed E-state index contributed by atoms with van der Waals surface area (Å²) in [7, 11) is 2.09. The number of hydrogen-bond acceptors (Lipinski definition) is 3. The van der Waals surface area contributed by atoms with Crippen LogP contribution in [0.25, 0.3) is 0 Å². The van der Waals surface area contributed by atoms with Crippen molar-refractivity contribution in [3.05, 3.63) is 51.2 Å². The molecule has 2 aromatic rings. The monoisotopic (exact) mass is 266 g/mol. The highest BCUT2D eigenvalue weighted by Crippen LogP contribution is 2.20. The summed E-state index contributed by atoms with van der Waals surface area (Å²) in [5.41, 5.74) is 7.81. The SMILES string of the molecule is CN(Cc1cccs1)Cc1ccc(Cl)cc1N. The molecule has 2 rings (SSSR count). The number of rotatable bonds is 4. The fourth-order valence-electron chi connectivity index (χ4n) is 1.73. The number of thiophene rings is 1. The van der Waals surface area contributed by atoms with Crippen molar-refractivity contribution in [2.24, 2.45) is 0 Å². The van der Waals surface area contributed by atoms with Crippen LogP contribution in [0.1, 0.15) is 10.4 Å². The molecule has 0 radical (unpaired) electrons. The summed E-state index contributed by atoms with van der Waals surface area (Å²) in [6.45, 7) is 1.78. The maximum absolute atomic E-state index is 5.93. The van der Waals surface area contributed by atoms with Gasteiger partial charge in [0.05, 0.1) is 0 Å². The van der Waals surface area contributed by atoms with E-state index in [1.54, 1.807) is 17.4 Å². The van der Waals surface area contributed by atoms with Crippen LogP contribution in [-0.2, 0) is 13.1 Å². The number of nitrogens with two attached hydrogens (primary N) is 1. The molecule has 0 aliphatic heterocycles. The van der Waals surface area contributed by atoms with E-state index in [2.05, 4.69) is 29.5 Å². The molecule has 17 heavy (non-hydrogen) atoms. The van der Waals surface area contributed by atoms with Gasteiger partial charge in [-0.3, -0.25) is 4.90 Å². The summed E-state index contributed by atoms with van der Waals surface area (Å²) < 4.78 is 0. The fraction of sp³-hybridized carbons (Fsp3) is 0.231. The minimum atomic E-state index is 0.687. The van der Waals surface area contributed by atoms with Crippen molar-refractivity contribution in [2.45, 2.75) is 13.1 Å². The number of nitrogens with zero attached hydrogens (tertiary/aromatic N) is 1. The number of hydrogen-bond donors (Lipinski definition) is 1. The molecule has 0 spiro atoms. The molecule has 0 saturated heterocycles. The summed E-state index contributed by atoms with van der Waals surface area (Å²) in [6.07, 6.45) is 0. The lowest BCUT2D eigenvalue weighted by Gasteiger charge is -2.17. The second kappa shape index (κ2) is 5.54. The van der Waals surface area contributed by atoms with Crippen molar-refractivity contribution in [1.82, 2.24) is 4.90 Å². The lowest BCUT2D eigenvalue weighted by Crippen LogP contribution is -2.17. The zero-order valence-corrected chi connectivity index (χ0v) is 11.3. The molecule has 1 heterocycles. The Morgan fingerprint density at radius 3 is 2.76 bits per heavy atom. The Kier molecular flexibility index (Phi) is 4.05. The third-order valence-corrected chi connectivity index (χ3v) is 3.65. The highest BCUT2D eigenvalue weighted by molar-refractivity contribution is 7.09. The van der Waals surface area contributed by atoms with Crippen LogP contribution >= 0.6 is 22.9 Å². The van der Waals surface area contributed by atoms with Crippen LogP contribution in [0.3, 0.4) is 0 Å². The van der Waals surface area contributed by atoms with Crippen LogP contribution in [0.5, 0.6) is 0 Å². The summed E-state index contributed by atoms with van der Waals surface area (Å²) in [5, 5.41) is 2.78. The zero-order valence-electron chi connectivity index (χ0n) is 9.69. The lowest BCUT2D eigenvalue weighted by molar-refractivity contribution is 0.322. The molecule has 0 unspecified atom stereocenters. The number of halogens is 1. The van der Waals surface area contributed by atoms with Crippen LogP contribution in [0.4, 0.5) is 5.69 Å². The van der Waals surface area contributed by atoms with E-state index in [4.69, 9.17) is 17.3 Å². The highest BCUT2D eigenvalue weighted by Gasteiger charge is 2.05. The molecule has 0 aliphatic carbocycles. The predicted molar refractivity (Wildman–Crippen MR) is 75.4 cm³/mol. The van der Waals surface area contributed by atoms with Crippen LogP contribution in [0.15, 0.2) is 35.7 Å². The summed E-state index contributed by atoms with van der Waals surface area (Å²) in [5.74, 6) is 0. The second-order valence-electron chi connectivity index (χ2n) is 4.09. The van der Waals surface area contributed by atoms with Gasteiger partial charge >= 0.3 is 0 Å². The first-order valence-corrected chi connectivity index (χ1v) is 6.66. The van der Waals surface area contributed by atoms with Crippen molar-refractivity contribution in [3.8, 4) is 0 Å². The number of nitrogen functional groups attached to an aromatic ring is 1. The average molecular weight is 267 g/mol. The van der Waals surface area contributed by atoms with Crippen LogP contribution < -0.4 is 5.73 Å². The molecule has 0 amide bonds. The van der Waals surface area contributed by atoms with E-state index in [1.165, 1.54) is 4.88 Å². The standard InChI is InChI=1S/C13H15ClN2S/c1-16(9-12-3-2-6-17-12)8-10-4-5-11(14)7-13(10)15/h2-7H,8-9,15H2,1H3. The summed E-state index contributed by atoms with van der Waals surface area (Å²) in [6, 6.07) is 9.89. The molecule has 1 aromatic carbocycles. The first-order chi connectivity index (χ1) is 8.15. The predicted octanol–water partition coefficient (Wildman–Crippen LogP) is 3.62. The van der Waals surface area contributed by atoms with Crippen LogP contribution in [-0.4, -0.2) is 11.9 Å². The van der Waals surface area contributed by atoms with Gasteiger partial charge in [0.25, 0.3) is 0 Å². The average Bonchev–Trinajstić information content (AvgIpc) is 2.75. The van der Waals surface area contributed by atoms with Crippen molar-refractivity contribution >= 4 is 28.6 Å². The summed E-state index contributed by atoms with van der Waals surface area (Å²) >= 11 is 7.65. The Hall–Kier alpha value is -1.03. The largest absolute Gasteiger partial charge is 0.398 e. The lowest BCUT2D eigenvalue weighted by atomic mass is 10.1. The van der Waals surface area contributed by atoms with Crippen LogP contribution in [0.2, 0.25) is 5.02 Å². The van der Waals surface area contributed by atoms with Crippen molar-refractivity contribution in [3.63, 3.8) is 0 Å². The van der Waals surface area contributed by atoms with Gasteiger partial charge in [0, 0.05) is 28.7 Å². The molecular formula is C13H15ClN2S. The maximum Gasteiger partial charge on any atom is 0.0426 e. The van der Waals surface area contributed by atoms with Crippen LogP contribution in [0, 0.1) is 0 Å². The second-order valence-corrected chi connectivity index (χ2v) is 5.56. The Bertz CT molecular complexity index is 482. The topological polar surface area (TPSA) is 29.3 Å². The Labute approximate surface area is 111 Å². The number of benzene rings is 1. The molecule has 4 heteroatoms. The Balaban J connectivity index is 2.00. The van der Waals surface area contributed by atoms with E-state index in [1.807, 2.05) is 12.1 Å². The zero-order chi connectivity index (χ0) is 12.3. The molecule has 90 valence electrons. The van der Waals surface area contributed by atoms with E-state index < -0.39 is 0 Å². The molecule has 0 fully saturated rings. The minimum Gasteiger partial charge on any atom is -0.398 e. The van der Waals surface area contributed by atoms with Gasteiger partial charge in [-0.25, -0.2) is 0 Å². The Morgan fingerprint density at radius 2 is 2.12 bits per heavy atom. The van der Waals surface area contributed by atoms with Gasteiger partial charge in [0.2, 0.25) is 0 Å². The molecule has 1 aromatic heterocycles. The quantitative estimate of drug-likeness (QED) is 0.857. The third kappa shape index (κ3) is 3.46. The van der Waals surface area contributed by atoms with Gasteiger partial charge in [0.15, 0.2) is 0 Å². The summed E-state index contributed by atoms with van der Waals surface area (Å²) in [4.78, 5) is 3.60. The maximum atomic E-state index is 5.93. The van der Waals surface area contributed by atoms with Gasteiger partial charge in [-0.15, -0.1) is 11.3 Å².